The molecular formula is C18H23BrClF2N5O2. The molecule has 160 valence electrons. The van der Waals surface area contributed by atoms with Gasteiger partial charge in [-0.05, 0) is 28.1 Å². The third-order valence-corrected chi connectivity index (χ3v) is 5.31. The second-order valence-electron chi connectivity index (χ2n) is 6.15. The topological polar surface area (TPSA) is 74.4 Å². The number of benzene rings is 1. The molecule has 0 aliphatic carbocycles. The number of piperazine rings is 1. The lowest BCUT2D eigenvalue weighted by atomic mass is 10.2. The number of hydrazone groups is 1. The van der Waals surface area contributed by atoms with Crippen LogP contribution in [0.3, 0.4) is 0 Å². The number of rotatable bonds is 8. The van der Waals surface area contributed by atoms with Gasteiger partial charge in [0.05, 0.1) is 23.5 Å². The van der Waals surface area contributed by atoms with E-state index in [1.807, 2.05) is 18.2 Å². The van der Waals surface area contributed by atoms with E-state index < -0.39 is 6.43 Å². The summed E-state index contributed by atoms with van der Waals surface area (Å²) in [6.45, 7) is 2.00. The predicted octanol–water partition coefficient (Wildman–Crippen LogP) is 2.70. The molecule has 0 spiro atoms. The van der Waals surface area contributed by atoms with Gasteiger partial charge < -0.3 is 20.3 Å². The normalized spacial score (nSPS) is 15.3. The number of nitrogens with zero attached hydrogens (tertiary/aromatic N) is 4. The Morgan fingerprint density at radius 1 is 1.41 bits per heavy atom. The molecule has 1 fully saturated rings. The van der Waals surface area contributed by atoms with E-state index in [1.54, 1.807) is 12.0 Å². The van der Waals surface area contributed by atoms with Crippen molar-refractivity contribution in [3.8, 4) is 5.75 Å². The quantitative estimate of drug-likeness (QED) is 0.444. The number of amides is 1. The third-order valence-electron chi connectivity index (χ3n) is 4.40. The minimum absolute atomic E-state index is 0.0312. The SMILES string of the molecule is COc1cc(N2CCN(C(=O)CN(/N=C/C(F)F)/C(=C/Cl)CN)CC2)ccc1Br. The van der Waals surface area contributed by atoms with Crippen molar-refractivity contribution >= 4 is 45.3 Å². The summed E-state index contributed by atoms with van der Waals surface area (Å²) < 4.78 is 31.1. The van der Waals surface area contributed by atoms with Crippen LogP contribution in [0.1, 0.15) is 0 Å². The number of anilines is 1. The highest BCUT2D eigenvalue weighted by atomic mass is 79.9. The number of carbonyl (C=O) groups excluding carboxylic acids is 1. The van der Waals surface area contributed by atoms with E-state index in [9.17, 15) is 13.6 Å². The zero-order chi connectivity index (χ0) is 21.4. The molecule has 0 radical (unpaired) electrons. The maximum absolute atomic E-state index is 12.6. The van der Waals surface area contributed by atoms with Crippen LogP contribution in [0.15, 0.2) is 39.0 Å². The van der Waals surface area contributed by atoms with Gasteiger partial charge in [0.25, 0.3) is 6.43 Å². The number of nitrogens with two attached hydrogens (primary N) is 1. The van der Waals surface area contributed by atoms with Gasteiger partial charge in [0, 0.05) is 50.0 Å². The average Bonchev–Trinajstić information content (AvgIpc) is 2.73. The van der Waals surface area contributed by atoms with Gasteiger partial charge in [0.15, 0.2) is 0 Å². The summed E-state index contributed by atoms with van der Waals surface area (Å²) in [6, 6.07) is 5.82. The Kier molecular flexibility index (Phi) is 9.12. The first kappa shape index (κ1) is 23.4. The van der Waals surface area contributed by atoms with Gasteiger partial charge in [-0.3, -0.25) is 9.80 Å². The molecule has 0 aromatic heterocycles. The number of halogens is 4. The second kappa shape index (κ2) is 11.3. The largest absolute Gasteiger partial charge is 0.495 e. The molecule has 7 nitrogen and oxygen atoms in total. The van der Waals surface area contributed by atoms with Crippen molar-refractivity contribution in [1.82, 2.24) is 9.91 Å². The fraction of sp³-hybridized carbons (Fsp3) is 0.444. The summed E-state index contributed by atoms with van der Waals surface area (Å²) >= 11 is 9.11. The van der Waals surface area contributed by atoms with Crippen LogP contribution in [0.25, 0.3) is 0 Å². The standard InChI is InChI=1S/C18H23BrClF2N5O2/c1-29-16-8-13(2-3-15(16)19)25-4-6-26(7-5-25)18(28)12-27(14(9-20)10-23)24-11-17(21)22/h2-3,8-9,11,17H,4-7,10,12,23H2,1H3/b14-9+,24-11+. The van der Waals surface area contributed by atoms with Gasteiger partial charge in [-0.25, -0.2) is 8.78 Å². The van der Waals surface area contributed by atoms with E-state index >= 15 is 0 Å². The van der Waals surface area contributed by atoms with Crippen molar-refractivity contribution < 1.29 is 18.3 Å². The molecule has 29 heavy (non-hydrogen) atoms. The first-order valence-electron chi connectivity index (χ1n) is 8.85. The number of ether oxygens (including phenoxy) is 1. The summed E-state index contributed by atoms with van der Waals surface area (Å²) in [4.78, 5) is 16.5. The van der Waals surface area contributed by atoms with Crippen molar-refractivity contribution in [2.45, 2.75) is 6.43 Å². The number of carbonyl (C=O) groups is 1. The van der Waals surface area contributed by atoms with Crippen molar-refractivity contribution in [1.29, 1.82) is 0 Å². The Morgan fingerprint density at radius 2 is 2.10 bits per heavy atom. The number of hydrogen-bond donors (Lipinski definition) is 1. The van der Waals surface area contributed by atoms with Crippen molar-refractivity contribution in [3.05, 3.63) is 33.9 Å². The summed E-state index contributed by atoms with van der Waals surface area (Å²) in [5.41, 5.74) is 7.97. The highest BCUT2D eigenvalue weighted by Crippen LogP contribution is 2.30. The summed E-state index contributed by atoms with van der Waals surface area (Å²) in [5.74, 6) is 0.490. The van der Waals surface area contributed by atoms with Crippen LogP contribution in [0.4, 0.5) is 14.5 Å². The lowest BCUT2D eigenvalue weighted by Gasteiger charge is -2.37. The minimum atomic E-state index is -2.74. The maximum atomic E-state index is 12.6. The first-order valence-corrected chi connectivity index (χ1v) is 10.1. The van der Waals surface area contributed by atoms with Gasteiger partial charge in [-0.1, -0.05) is 11.6 Å². The molecule has 1 aromatic carbocycles. The lowest BCUT2D eigenvalue weighted by Crippen LogP contribution is -2.51. The van der Waals surface area contributed by atoms with Crippen LogP contribution in [0.5, 0.6) is 5.75 Å². The Bertz CT molecular complexity index is 758. The Morgan fingerprint density at radius 3 is 2.66 bits per heavy atom. The summed E-state index contributed by atoms with van der Waals surface area (Å²) in [6.07, 6.45) is -2.30. The lowest BCUT2D eigenvalue weighted by molar-refractivity contribution is -0.132. The maximum Gasteiger partial charge on any atom is 0.275 e. The molecule has 1 aliphatic heterocycles. The van der Waals surface area contributed by atoms with E-state index in [0.717, 1.165) is 26.5 Å². The first-order chi connectivity index (χ1) is 13.9. The molecule has 2 rings (SSSR count). The highest BCUT2D eigenvalue weighted by molar-refractivity contribution is 9.10. The Hall–Kier alpha value is -1.91. The van der Waals surface area contributed by atoms with Crippen LogP contribution >= 0.6 is 27.5 Å². The Balaban J connectivity index is 1.99. The van der Waals surface area contributed by atoms with E-state index in [1.165, 1.54) is 0 Å². The molecule has 0 bridgehead atoms. The van der Waals surface area contributed by atoms with Gasteiger partial charge in [0.2, 0.25) is 5.91 Å². The third kappa shape index (κ3) is 6.55. The van der Waals surface area contributed by atoms with Crippen LogP contribution < -0.4 is 15.4 Å². The van der Waals surface area contributed by atoms with E-state index in [2.05, 4.69) is 25.9 Å². The highest BCUT2D eigenvalue weighted by Gasteiger charge is 2.24. The minimum Gasteiger partial charge on any atom is -0.495 e. The molecule has 1 heterocycles. The Labute approximate surface area is 181 Å². The van der Waals surface area contributed by atoms with Gasteiger partial charge in [-0.15, -0.1) is 0 Å². The summed E-state index contributed by atoms with van der Waals surface area (Å²) in [7, 11) is 1.60. The monoisotopic (exact) mass is 493 g/mol. The van der Waals surface area contributed by atoms with E-state index in [4.69, 9.17) is 22.1 Å². The average molecular weight is 495 g/mol. The molecule has 2 N–H and O–H groups in total. The van der Waals surface area contributed by atoms with Gasteiger partial charge >= 0.3 is 0 Å². The molecule has 0 atom stereocenters. The van der Waals surface area contributed by atoms with Crippen molar-refractivity contribution in [2.75, 3.05) is 51.3 Å². The zero-order valence-electron chi connectivity index (χ0n) is 15.9. The predicted molar refractivity (Wildman–Crippen MR) is 114 cm³/mol. The van der Waals surface area contributed by atoms with Crippen molar-refractivity contribution in [2.24, 2.45) is 10.8 Å². The molecule has 0 unspecified atom stereocenters. The molecule has 1 amide bonds. The van der Waals surface area contributed by atoms with Crippen LogP contribution in [-0.4, -0.2) is 74.8 Å². The molecular weight excluding hydrogens is 472 g/mol. The van der Waals surface area contributed by atoms with Crippen LogP contribution in [0, 0.1) is 0 Å². The van der Waals surface area contributed by atoms with Gasteiger partial charge in [0.1, 0.15) is 12.3 Å². The summed E-state index contributed by atoms with van der Waals surface area (Å²) in [5, 5.41) is 4.74. The number of methoxy groups -OCH3 is 1. The van der Waals surface area contributed by atoms with E-state index in [-0.39, 0.29) is 24.7 Å². The molecule has 1 aliphatic rings. The fourth-order valence-electron chi connectivity index (χ4n) is 2.84. The fourth-order valence-corrected chi connectivity index (χ4v) is 3.45. The van der Waals surface area contributed by atoms with Gasteiger partial charge in [-0.2, -0.15) is 5.10 Å². The zero-order valence-corrected chi connectivity index (χ0v) is 18.2. The van der Waals surface area contributed by atoms with Crippen LogP contribution in [-0.2, 0) is 4.79 Å². The second-order valence-corrected chi connectivity index (χ2v) is 7.22. The molecule has 1 aromatic rings. The smallest absolute Gasteiger partial charge is 0.275 e. The molecule has 11 heteroatoms. The van der Waals surface area contributed by atoms with E-state index in [0.29, 0.717) is 32.4 Å². The number of hydrogen-bond acceptors (Lipinski definition) is 6. The molecule has 0 saturated carbocycles. The molecule has 1 saturated heterocycles. The number of alkyl halides is 2. The van der Waals surface area contributed by atoms with Crippen LogP contribution in [0.2, 0.25) is 0 Å². The van der Waals surface area contributed by atoms with Crippen molar-refractivity contribution in [3.63, 3.8) is 0 Å².